The second-order valence-electron chi connectivity index (χ2n) is 8.66. The van der Waals surface area contributed by atoms with Crippen LogP contribution in [0.1, 0.15) is 67.2 Å². The lowest BCUT2D eigenvalue weighted by Crippen LogP contribution is -2.46. The Hall–Kier alpha value is -3.04. The summed E-state index contributed by atoms with van der Waals surface area (Å²) in [7, 11) is 0. The first kappa shape index (κ1) is 22.7. The maximum Gasteiger partial charge on any atom is 0.257 e. The molecule has 7 nitrogen and oxygen atoms in total. The Morgan fingerprint density at radius 3 is 2.59 bits per heavy atom. The summed E-state index contributed by atoms with van der Waals surface area (Å²) >= 11 is 3.03. The number of carbonyl (C=O) groups is 3. The summed E-state index contributed by atoms with van der Waals surface area (Å²) in [4.78, 5) is 45.9. The molecular weight excluding hydrogens is 468 g/mol. The van der Waals surface area contributed by atoms with E-state index in [0.29, 0.717) is 47.6 Å². The number of carbonyl (C=O) groups excluding carboxylic acids is 3. The van der Waals surface area contributed by atoms with E-state index in [-0.39, 0.29) is 23.8 Å². The van der Waals surface area contributed by atoms with Crippen molar-refractivity contribution < 1.29 is 14.4 Å². The van der Waals surface area contributed by atoms with Gasteiger partial charge in [-0.25, -0.2) is 0 Å². The van der Waals surface area contributed by atoms with E-state index in [2.05, 4.69) is 15.6 Å². The Morgan fingerprint density at radius 2 is 1.85 bits per heavy atom. The average Bonchev–Trinajstić information content (AvgIpc) is 3.53. The molecule has 5 rings (SSSR count). The third-order valence-electron chi connectivity index (χ3n) is 6.44. The zero-order chi connectivity index (χ0) is 23.5. The third-order valence-corrected chi connectivity index (χ3v) is 8.33. The molecule has 9 heteroatoms. The van der Waals surface area contributed by atoms with Crippen LogP contribution in [0.2, 0.25) is 0 Å². The van der Waals surface area contributed by atoms with E-state index >= 15 is 0 Å². The molecule has 0 saturated carbocycles. The minimum Gasteiger partial charge on any atom is -0.349 e. The monoisotopic (exact) mass is 494 g/mol. The Morgan fingerprint density at radius 1 is 1.03 bits per heavy atom. The summed E-state index contributed by atoms with van der Waals surface area (Å²) < 4.78 is 0. The van der Waals surface area contributed by atoms with Gasteiger partial charge in [-0.3, -0.25) is 19.4 Å². The summed E-state index contributed by atoms with van der Waals surface area (Å²) in [5.74, 6) is -0.336. The first-order chi connectivity index (χ1) is 16.6. The summed E-state index contributed by atoms with van der Waals surface area (Å²) in [6.45, 7) is 1.15. The molecule has 34 heavy (non-hydrogen) atoms. The van der Waals surface area contributed by atoms with Gasteiger partial charge in [0.15, 0.2) is 0 Å². The van der Waals surface area contributed by atoms with Gasteiger partial charge in [-0.05, 0) is 67.7 Å². The van der Waals surface area contributed by atoms with E-state index in [4.69, 9.17) is 0 Å². The standard InChI is InChI=1S/C25H26N4O3S2/c30-22(16-4-3-10-26-14-16)28-24-21(19-5-1-2-6-20(19)34-24)25(32)29-11-7-18(8-12-29)27-23(31)17-9-13-33-15-17/h3-4,9-10,13-15,18H,1-2,5-8,11-12H2,(H,27,31)(H,28,30). The molecule has 0 radical (unpaired) electrons. The molecule has 1 aliphatic heterocycles. The van der Waals surface area contributed by atoms with Gasteiger partial charge < -0.3 is 15.5 Å². The van der Waals surface area contributed by atoms with Crippen LogP contribution in [0.25, 0.3) is 0 Å². The fraction of sp³-hybridized carbons (Fsp3) is 0.360. The molecule has 176 valence electrons. The summed E-state index contributed by atoms with van der Waals surface area (Å²) in [6.07, 6.45) is 8.55. The van der Waals surface area contributed by atoms with Crippen molar-refractivity contribution in [2.75, 3.05) is 18.4 Å². The number of nitrogens with zero attached hydrogens (tertiary/aromatic N) is 2. The Balaban J connectivity index is 1.30. The maximum absolute atomic E-state index is 13.7. The Bertz CT molecular complexity index is 1180. The van der Waals surface area contributed by atoms with E-state index in [9.17, 15) is 14.4 Å². The Labute approximate surface area is 206 Å². The zero-order valence-corrected chi connectivity index (χ0v) is 20.3. The van der Waals surface area contributed by atoms with Crippen molar-refractivity contribution >= 4 is 45.4 Å². The lowest BCUT2D eigenvalue weighted by Gasteiger charge is -2.33. The topological polar surface area (TPSA) is 91.4 Å². The number of nitrogens with one attached hydrogen (secondary N) is 2. The molecule has 2 aliphatic rings. The largest absolute Gasteiger partial charge is 0.349 e. The molecule has 2 N–H and O–H groups in total. The van der Waals surface area contributed by atoms with Gasteiger partial charge in [0.1, 0.15) is 5.00 Å². The Kier molecular flexibility index (Phi) is 6.73. The van der Waals surface area contributed by atoms with Gasteiger partial charge in [-0.15, -0.1) is 11.3 Å². The van der Waals surface area contributed by atoms with Crippen molar-refractivity contribution in [3.05, 3.63) is 68.5 Å². The van der Waals surface area contributed by atoms with Crippen molar-refractivity contribution in [3.63, 3.8) is 0 Å². The molecular formula is C25H26N4O3S2. The number of fused-ring (bicyclic) bond motifs is 1. The van der Waals surface area contributed by atoms with Gasteiger partial charge in [0.05, 0.1) is 11.1 Å². The third kappa shape index (κ3) is 4.76. The molecule has 0 bridgehead atoms. The smallest absolute Gasteiger partial charge is 0.257 e. The lowest BCUT2D eigenvalue weighted by molar-refractivity contribution is 0.0698. The molecule has 0 spiro atoms. The number of hydrogen-bond acceptors (Lipinski definition) is 6. The molecule has 3 amide bonds. The van der Waals surface area contributed by atoms with E-state index in [1.54, 1.807) is 18.3 Å². The van der Waals surface area contributed by atoms with Crippen LogP contribution in [0.15, 0.2) is 41.4 Å². The quantitative estimate of drug-likeness (QED) is 0.551. The van der Waals surface area contributed by atoms with Crippen LogP contribution in [0.4, 0.5) is 5.00 Å². The molecule has 0 aromatic carbocycles. The summed E-state index contributed by atoms with van der Waals surface area (Å²) in [5, 5.41) is 10.5. The fourth-order valence-electron chi connectivity index (χ4n) is 4.60. The van der Waals surface area contributed by atoms with Crippen LogP contribution in [-0.2, 0) is 12.8 Å². The van der Waals surface area contributed by atoms with E-state index in [1.807, 2.05) is 21.7 Å². The highest BCUT2D eigenvalue weighted by atomic mass is 32.1. The molecule has 3 aromatic rings. The van der Waals surface area contributed by atoms with Crippen molar-refractivity contribution in [2.45, 2.75) is 44.6 Å². The number of anilines is 1. The minimum absolute atomic E-state index is 0.0245. The molecule has 1 saturated heterocycles. The highest BCUT2D eigenvalue weighted by molar-refractivity contribution is 7.17. The fourth-order valence-corrected chi connectivity index (χ4v) is 6.51. The van der Waals surface area contributed by atoms with Crippen LogP contribution >= 0.6 is 22.7 Å². The van der Waals surface area contributed by atoms with Gasteiger partial charge in [0.25, 0.3) is 17.7 Å². The molecule has 0 unspecified atom stereocenters. The predicted molar refractivity (Wildman–Crippen MR) is 134 cm³/mol. The second-order valence-corrected chi connectivity index (χ2v) is 10.5. The number of thiophene rings is 2. The number of hydrogen-bond donors (Lipinski definition) is 2. The van der Waals surface area contributed by atoms with Crippen molar-refractivity contribution in [1.82, 2.24) is 15.2 Å². The highest BCUT2D eigenvalue weighted by Crippen LogP contribution is 2.39. The van der Waals surface area contributed by atoms with Crippen LogP contribution in [-0.4, -0.2) is 46.7 Å². The van der Waals surface area contributed by atoms with Gasteiger partial charge in [-0.1, -0.05) is 0 Å². The predicted octanol–water partition coefficient (Wildman–Crippen LogP) is 4.37. The number of rotatable bonds is 5. The number of aryl methyl sites for hydroxylation is 1. The number of likely N-dealkylation sites (tertiary alicyclic amines) is 1. The van der Waals surface area contributed by atoms with Crippen molar-refractivity contribution in [3.8, 4) is 0 Å². The van der Waals surface area contributed by atoms with Crippen LogP contribution in [0.3, 0.4) is 0 Å². The van der Waals surface area contributed by atoms with Gasteiger partial charge >= 0.3 is 0 Å². The van der Waals surface area contributed by atoms with Crippen LogP contribution in [0, 0.1) is 0 Å². The van der Waals surface area contributed by atoms with Crippen LogP contribution < -0.4 is 10.6 Å². The van der Waals surface area contributed by atoms with Gasteiger partial charge in [0.2, 0.25) is 0 Å². The van der Waals surface area contributed by atoms with E-state index in [1.165, 1.54) is 33.7 Å². The van der Waals surface area contributed by atoms with Crippen LogP contribution in [0.5, 0.6) is 0 Å². The summed E-state index contributed by atoms with van der Waals surface area (Å²) in [5.41, 5.74) is 2.89. The number of amides is 3. The van der Waals surface area contributed by atoms with Crippen molar-refractivity contribution in [1.29, 1.82) is 0 Å². The number of aromatic nitrogens is 1. The number of piperidine rings is 1. The molecule has 3 aromatic heterocycles. The highest BCUT2D eigenvalue weighted by Gasteiger charge is 2.31. The molecule has 1 aliphatic carbocycles. The molecule has 1 fully saturated rings. The van der Waals surface area contributed by atoms with E-state index in [0.717, 1.165) is 31.2 Å². The molecule has 0 atom stereocenters. The first-order valence-electron chi connectivity index (χ1n) is 11.6. The van der Waals surface area contributed by atoms with E-state index < -0.39 is 0 Å². The molecule has 4 heterocycles. The maximum atomic E-state index is 13.7. The van der Waals surface area contributed by atoms with Crippen molar-refractivity contribution in [2.24, 2.45) is 0 Å². The van der Waals surface area contributed by atoms with Gasteiger partial charge in [0, 0.05) is 47.3 Å². The zero-order valence-electron chi connectivity index (χ0n) is 18.7. The lowest BCUT2D eigenvalue weighted by atomic mass is 9.94. The van der Waals surface area contributed by atoms with Gasteiger partial charge in [-0.2, -0.15) is 11.3 Å². The minimum atomic E-state index is -0.254. The first-order valence-corrected chi connectivity index (χ1v) is 13.3. The summed E-state index contributed by atoms with van der Waals surface area (Å²) in [6, 6.07) is 5.31. The second kappa shape index (κ2) is 10.1. The number of pyridine rings is 1. The SMILES string of the molecule is O=C(Nc1sc2c(c1C(=O)N1CCC(NC(=O)c3ccsc3)CC1)CCCC2)c1cccnc1. The average molecular weight is 495 g/mol. The normalized spacial score (nSPS) is 16.1.